The highest BCUT2D eigenvalue weighted by molar-refractivity contribution is 9.10. The van der Waals surface area contributed by atoms with Crippen LogP contribution >= 0.6 is 15.9 Å². The standard InChI is InChI=1S/C13H21BrN2/c1-9(2)13(4,5)8-16-12-11(14)6-10(3)7-15-12/h6-7,9H,8H2,1-5H3,(H,15,16). The van der Waals surface area contributed by atoms with E-state index in [2.05, 4.69) is 60.0 Å². The first-order valence-electron chi connectivity index (χ1n) is 5.69. The molecule has 0 atom stereocenters. The minimum Gasteiger partial charge on any atom is -0.369 e. The molecular formula is C13H21BrN2. The summed E-state index contributed by atoms with van der Waals surface area (Å²) < 4.78 is 1.03. The van der Waals surface area contributed by atoms with Gasteiger partial charge in [0.2, 0.25) is 0 Å². The van der Waals surface area contributed by atoms with E-state index in [0.717, 1.165) is 16.8 Å². The van der Waals surface area contributed by atoms with Crippen LogP contribution in [-0.2, 0) is 0 Å². The Morgan fingerprint density at radius 2 is 2.06 bits per heavy atom. The van der Waals surface area contributed by atoms with Crippen molar-refractivity contribution < 1.29 is 0 Å². The largest absolute Gasteiger partial charge is 0.369 e. The van der Waals surface area contributed by atoms with Crippen molar-refractivity contribution in [2.45, 2.75) is 34.6 Å². The maximum Gasteiger partial charge on any atom is 0.140 e. The summed E-state index contributed by atoms with van der Waals surface area (Å²) >= 11 is 3.53. The third-order valence-corrected chi connectivity index (χ3v) is 3.86. The number of nitrogens with zero attached hydrogens (tertiary/aromatic N) is 1. The van der Waals surface area contributed by atoms with E-state index in [9.17, 15) is 0 Å². The smallest absolute Gasteiger partial charge is 0.140 e. The fraction of sp³-hybridized carbons (Fsp3) is 0.615. The van der Waals surface area contributed by atoms with E-state index >= 15 is 0 Å². The quantitative estimate of drug-likeness (QED) is 0.894. The van der Waals surface area contributed by atoms with E-state index in [-0.39, 0.29) is 5.41 Å². The second kappa shape index (κ2) is 5.17. The topological polar surface area (TPSA) is 24.9 Å². The molecule has 1 aromatic rings. The number of rotatable bonds is 4. The van der Waals surface area contributed by atoms with Crippen molar-refractivity contribution >= 4 is 21.7 Å². The average Bonchev–Trinajstić information content (AvgIpc) is 2.16. The fourth-order valence-corrected chi connectivity index (χ4v) is 1.78. The van der Waals surface area contributed by atoms with Crippen LogP contribution in [0.25, 0.3) is 0 Å². The molecule has 0 spiro atoms. The van der Waals surface area contributed by atoms with Crippen molar-refractivity contribution in [3.05, 3.63) is 22.3 Å². The summed E-state index contributed by atoms with van der Waals surface area (Å²) in [5, 5.41) is 3.40. The Morgan fingerprint density at radius 3 is 2.56 bits per heavy atom. The maximum absolute atomic E-state index is 4.38. The van der Waals surface area contributed by atoms with Crippen LogP contribution in [0, 0.1) is 18.3 Å². The van der Waals surface area contributed by atoms with Gasteiger partial charge in [-0.1, -0.05) is 27.7 Å². The van der Waals surface area contributed by atoms with Crippen LogP contribution in [0.4, 0.5) is 5.82 Å². The van der Waals surface area contributed by atoms with Crippen molar-refractivity contribution in [1.82, 2.24) is 4.98 Å². The van der Waals surface area contributed by atoms with Gasteiger partial charge in [-0.05, 0) is 45.8 Å². The predicted molar refractivity (Wildman–Crippen MR) is 73.8 cm³/mol. The van der Waals surface area contributed by atoms with E-state index < -0.39 is 0 Å². The number of nitrogens with one attached hydrogen (secondary N) is 1. The van der Waals surface area contributed by atoms with Gasteiger partial charge in [-0.15, -0.1) is 0 Å². The number of hydrogen-bond donors (Lipinski definition) is 1. The number of halogens is 1. The minimum absolute atomic E-state index is 0.270. The molecule has 0 bridgehead atoms. The first kappa shape index (κ1) is 13.5. The maximum atomic E-state index is 4.38. The lowest BCUT2D eigenvalue weighted by Gasteiger charge is -2.29. The van der Waals surface area contributed by atoms with Gasteiger partial charge in [-0.2, -0.15) is 0 Å². The van der Waals surface area contributed by atoms with Crippen molar-refractivity contribution in [3.63, 3.8) is 0 Å². The Labute approximate surface area is 107 Å². The summed E-state index contributed by atoms with van der Waals surface area (Å²) in [6.45, 7) is 12.0. The molecular weight excluding hydrogens is 264 g/mol. The molecule has 0 radical (unpaired) electrons. The molecule has 0 aliphatic rings. The van der Waals surface area contributed by atoms with Crippen LogP contribution < -0.4 is 5.32 Å². The molecule has 16 heavy (non-hydrogen) atoms. The summed E-state index contributed by atoms with van der Waals surface area (Å²) in [5.41, 5.74) is 1.44. The van der Waals surface area contributed by atoms with Crippen LogP contribution in [0.15, 0.2) is 16.7 Å². The van der Waals surface area contributed by atoms with Gasteiger partial charge >= 0.3 is 0 Å². The zero-order valence-electron chi connectivity index (χ0n) is 10.8. The van der Waals surface area contributed by atoms with E-state index in [4.69, 9.17) is 0 Å². The second-order valence-electron chi connectivity index (χ2n) is 5.34. The normalized spacial score (nSPS) is 11.9. The van der Waals surface area contributed by atoms with E-state index in [1.54, 1.807) is 0 Å². The van der Waals surface area contributed by atoms with Crippen molar-refractivity contribution in [2.75, 3.05) is 11.9 Å². The molecule has 0 unspecified atom stereocenters. The summed E-state index contributed by atoms with van der Waals surface area (Å²) in [6, 6.07) is 2.08. The molecule has 2 nitrogen and oxygen atoms in total. The van der Waals surface area contributed by atoms with Gasteiger partial charge in [0.15, 0.2) is 0 Å². The van der Waals surface area contributed by atoms with Crippen molar-refractivity contribution in [2.24, 2.45) is 11.3 Å². The molecule has 0 aromatic carbocycles. The van der Waals surface area contributed by atoms with Gasteiger partial charge in [0.1, 0.15) is 5.82 Å². The summed E-state index contributed by atoms with van der Waals surface area (Å²) in [7, 11) is 0. The zero-order valence-corrected chi connectivity index (χ0v) is 12.4. The van der Waals surface area contributed by atoms with Gasteiger partial charge in [-0.25, -0.2) is 4.98 Å². The SMILES string of the molecule is Cc1cnc(NCC(C)(C)C(C)C)c(Br)c1. The number of anilines is 1. The molecule has 1 N–H and O–H groups in total. The summed E-state index contributed by atoms with van der Waals surface area (Å²) in [5.74, 6) is 1.57. The highest BCUT2D eigenvalue weighted by Gasteiger charge is 2.22. The first-order chi connectivity index (χ1) is 7.33. The fourth-order valence-electron chi connectivity index (χ4n) is 1.18. The Bertz CT molecular complexity index is 359. The van der Waals surface area contributed by atoms with Gasteiger partial charge in [0.05, 0.1) is 4.47 Å². The van der Waals surface area contributed by atoms with Crippen LogP contribution in [0.5, 0.6) is 0 Å². The molecule has 1 rings (SSSR count). The van der Waals surface area contributed by atoms with E-state index in [1.807, 2.05) is 13.1 Å². The Balaban J connectivity index is 2.68. The summed E-state index contributed by atoms with van der Waals surface area (Å²) in [4.78, 5) is 4.38. The Kier molecular flexibility index (Phi) is 4.36. The number of pyridine rings is 1. The third kappa shape index (κ3) is 3.48. The van der Waals surface area contributed by atoms with Crippen molar-refractivity contribution in [3.8, 4) is 0 Å². The highest BCUT2D eigenvalue weighted by Crippen LogP contribution is 2.28. The molecule has 1 heterocycles. The molecule has 0 fully saturated rings. The second-order valence-corrected chi connectivity index (χ2v) is 6.19. The molecule has 0 aliphatic heterocycles. The van der Waals surface area contributed by atoms with Crippen LogP contribution in [0.2, 0.25) is 0 Å². The molecule has 0 amide bonds. The third-order valence-electron chi connectivity index (χ3n) is 3.25. The minimum atomic E-state index is 0.270. The van der Waals surface area contributed by atoms with Crippen molar-refractivity contribution in [1.29, 1.82) is 0 Å². The van der Waals surface area contributed by atoms with E-state index in [1.165, 1.54) is 5.56 Å². The number of aryl methyl sites for hydroxylation is 1. The molecule has 3 heteroatoms. The lowest BCUT2D eigenvalue weighted by Crippen LogP contribution is -2.28. The molecule has 0 saturated carbocycles. The monoisotopic (exact) mass is 284 g/mol. The van der Waals surface area contributed by atoms with Gasteiger partial charge in [-0.3, -0.25) is 0 Å². The van der Waals surface area contributed by atoms with Gasteiger partial charge < -0.3 is 5.32 Å². The highest BCUT2D eigenvalue weighted by atomic mass is 79.9. The lowest BCUT2D eigenvalue weighted by atomic mass is 9.81. The van der Waals surface area contributed by atoms with Crippen LogP contribution in [-0.4, -0.2) is 11.5 Å². The van der Waals surface area contributed by atoms with E-state index in [0.29, 0.717) is 5.92 Å². The predicted octanol–water partition coefficient (Wildman–Crippen LogP) is 4.25. The summed E-state index contributed by atoms with van der Waals surface area (Å²) in [6.07, 6.45) is 1.88. The average molecular weight is 285 g/mol. The van der Waals surface area contributed by atoms with Gasteiger partial charge in [0, 0.05) is 12.7 Å². The molecule has 0 aliphatic carbocycles. The van der Waals surface area contributed by atoms with Gasteiger partial charge in [0.25, 0.3) is 0 Å². The van der Waals surface area contributed by atoms with Crippen LogP contribution in [0.3, 0.4) is 0 Å². The molecule has 90 valence electrons. The van der Waals surface area contributed by atoms with Crippen LogP contribution in [0.1, 0.15) is 33.3 Å². The Hall–Kier alpha value is -0.570. The Morgan fingerprint density at radius 1 is 1.44 bits per heavy atom. The number of hydrogen-bond acceptors (Lipinski definition) is 2. The zero-order chi connectivity index (χ0) is 12.3. The molecule has 0 saturated heterocycles. The first-order valence-corrected chi connectivity index (χ1v) is 6.48. The lowest BCUT2D eigenvalue weighted by molar-refractivity contribution is 0.269. The molecule has 1 aromatic heterocycles. The number of aromatic nitrogens is 1.